The highest BCUT2D eigenvalue weighted by molar-refractivity contribution is 5.69. The standard InChI is InChI=1S/C12H17NO2/c1-10(11-6-3-2-4-7-11)15-12(14)8-5-9-13/h2-4,6-7,10H,5,8-9,13H2,1H3. The first-order valence-electron chi connectivity index (χ1n) is 5.18. The van der Waals surface area contributed by atoms with Gasteiger partial charge in [0, 0.05) is 6.42 Å². The van der Waals surface area contributed by atoms with Crippen LogP contribution in [0.25, 0.3) is 0 Å². The molecule has 82 valence electrons. The van der Waals surface area contributed by atoms with Crippen LogP contribution in [0.4, 0.5) is 0 Å². The molecule has 2 N–H and O–H groups in total. The van der Waals surface area contributed by atoms with Crippen molar-refractivity contribution in [2.75, 3.05) is 6.54 Å². The van der Waals surface area contributed by atoms with Crippen LogP contribution in [0.2, 0.25) is 0 Å². The van der Waals surface area contributed by atoms with E-state index in [-0.39, 0.29) is 12.1 Å². The molecule has 15 heavy (non-hydrogen) atoms. The van der Waals surface area contributed by atoms with Crippen molar-refractivity contribution in [2.24, 2.45) is 5.73 Å². The van der Waals surface area contributed by atoms with Crippen LogP contribution < -0.4 is 5.73 Å². The summed E-state index contributed by atoms with van der Waals surface area (Å²) in [5.74, 6) is -0.184. The molecule has 0 spiro atoms. The van der Waals surface area contributed by atoms with Gasteiger partial charge in [0.05, 0.1) is 0 Å². The average molecular weight is 207 g/mol. The number of nitrogens with two attached hydrogens (primary N) is 1. The summed E-state index contributed by atoms with van der Waals surface area (Å²) >= 11 is 0. The molecule has 0 saturated heterocycles. The number of carbonyl (C=O) groups is 1. The minimum atomic E-state index is -0.184. The first kappa shape index (κ1) is 11.7. The fourth-order valence-electron chi connectivity index (χ4n) is 1.29. The predicted molar refractivity (Wildman–Crippen MR) is 59.2 cm³/mol. The predicted octanol–water partition coefficient (Wildman–Crippen LogP) is 2.03. The van der Waals surface area contributed by atoms with E-state index in [1.54, 1.807) is 0 Å². The fraction of sp³-hybridized carbons (Fsp3) is 0.417. The lowest BCUT2D eigenvalue weighted by Gasteiger charge is -2.13. The van der Waals surface area contributed by atoms with Crippen LogP contribution in [-0.2, 0) is 9.53 Å². The van der Waals surface area contributed by atoms with Crippen molar-refractivity contribution in [1.29, 1.82) is 0 Å². The summed E-state index contributed by atoms with van der Waals surface area (Å²) in [6.07, 6.45) is 0.894. The van der Waals surface area contributed by atoms with Crippen molar-refractivity contribution in [3.8, 4) is 0 Å². The molecule has 0 heterocycles. The van der Waals surface area contributed by atoms with Crippen LogP contribution in [0.1, 0.15) is 31.4 Å². The van der Waals surface area contributed by atoms with E-state index >= 15 is 0 Å². The zero-order valence-corrected chi connectivity index (χ0v) is 8.98. The van der Waals surface area contributed by atoms with E-state index in [0.717, 1.165) is 5.56 Å². The molecule has 0 aliphatic rings. The Morgan fingerprint density at radius 1 is 1.40 bits per heavy atom. The van der Waals surface area contributed by atoms with Gasteiger partial charge < -0.3 is 10.5 Å². The zero-order chi connectivity index (χ0) is 11.1. The number of esters is 1. The Kier molecular flexibility index (Phi) is 4.84. The maximum absolute atomic E-state index is 11.3. The molecule has 1 atom stereocenters. The summed E-state index contributed by atoms with van der Waals surface area (Å²) < 4.78 is 5.24. The Morgan fingerprint density at radius 2 is 2.07 bits per heavy atom. The monoisotopic (exact) mass is 207 g/mol. The maximum atomic E-state index is 11.3. The smallest absolute Gasteiger partial charge is 0.306 e. The average Bonchev–Trinajstić information content (AvgIpc) is 2.27. The molecule has 1 aromatic carbocycles. The second-order valence-electron chi connectivity index (χ2n) is 3.44. The third-order valence-electron chi connectivity index (χ3n) is 2.16. The summed E-state index contributed by atoms with van der Waals surface area (Å²) in [6.45, 7) is 2.39. The van der Waals surface area contributed by atoms with Gasteiger partial charge in [-0.15, -0.1) is 0 Å². The highest BCUT2D eigenvalue weighted by Gasteiger charge is 2.10. The lowest BCUT2D eigenvalue weighted by molar-refractivity contribution is -0.148. The lowest BCUT2D eigenvalue weighted by atomic mass is 10.1. The number of hydrogen-bond donors (Lipinski definition) is 1. The molecular formula is C12H17NO2. The normalized spacial score (nSPS) is 12.1. The number of carbonyl (C=O) groups excluding carboxylic acids is 1. The molecule has 3 nitrogen and oxygen atoms in total. The SMILES string of the molecule is CC(OC(=O)CCCN)c1ccccc1. The Morgan fingerprint density at radius 3 is 2.67 bits per heavy atom. The van der Waals surface area contributed by atoms with Gasteiger partial charge in [-0.2, -0.15) is 0 Å². The number of benzene rings is 1. The van der Waals surface area contributed by atoms with Gasteiger partial charge in [-0.05, 0) is 25.5 Å². The summed E-state index contributed by atoms with van der Waals surface area (Å²) in [5.41, 5.74) is 6.32. The van der Waals surface area contributed by atoms with Crippen LogP contribution in [0.3, 0.4) is 0 Å². The van der Waals surface area contributed by atoms with E-state index in [1.165, 1.54) is 0 Å². The van der Waals surface area contributed by atoms with E-state index < -0.39 is 0 Å². The molecule has 0 aromatic heterocycles. The van der Waals surface area contributed by atoms with Crippen LogP contribution in [0, 0.1) is 0 Å². The molecule has 0 bridgehead atoms. The van der Waals surface area contributed by atoms with E-state index in [2.05, 4.69) is 0 Å². The molecule has 0 saturated carbocycles. The van der Waals surface area contributed by atoms with Gasteiger partial charge in [0.2, 0.25) is 0 Å². The van der Waals surface area contributed by atoms with Gasteiger partial charge in [0.15, 0.2) is 0 Å². The molecule has 1 rings (SSSR count). The third kappa shape index (κ3) is 4.13. The van der Waals surface area contributed by atoms with Crippen molar-refractivity contribution < 1.29 is 9.53 Å². The first-order valence-corrected chi connectivity index (χ1v) is 5.18. The topological polar surface area (TPSA) is 52.3 Å². The lowest BCUT2D eigenvalue weighted by Crippen LogP contribution is -2.10. The zero-order valence-electron chi connectivity index (χ0n) is 8.98. The minimum absolute atomic E-state index is 0.184. The number of ether oxygens (including phenoxy) is 1. The van der Waals surface area contributed by atoms with Crippen molar-refractivity contribution >= 4 is 5.97 Å². The van der Waals surface area contributed by atoms with Crippen LogP contribution in [-0.4, -0.2) is 12.5 Å². The molecule has 1 unspecified atom stereocenters. The molecule has 0 fully saturated rings. The molecule has 0 radical (unpaired) electrons. The van der Waals surface area contributed by atoms with Gasteiger partial charge in [-0.3, -0.25) is 4.79 Å². The summed E-state index contributed by atoms with van der Waals surface area (Å²) in [5, 5.41) is 0. The Hall–Kier alpha value is -1.35. The molecule has 0 aliphatic heterocycles. The fourth-order valence-corrected chi connectivity index (χ4v) is 1.29. The van der Waals surface area contributed by atoms with E-state index in [1.807, 2.05) is 37.3 Å². The van der Waals surface area contributed by atoms with Crippen LogP contribution >= 0.6 is 0 Å². The summed E-state index contributed by atoms with van der Waals surface area (Å²) in [4.78, 5) is 11.3. The number of hydrogen-bond acceptors (Lipinski definition) is 3. The minimum Gasteiger partial charge on any atom is -0.458 e. The summed E-state index contributed by atoms with van der Waals surface area (Å²) in [7, 11) is 0. The summed E-state index contributed by atoms with van der Waals surface area (Å²) in [6, 6.07) is 9.69. The Balaban J connectivity index is 2.42. The van der Waals surface area contributed by atoms with E-state index in [4.69, 9.17) is 10.5 Å². The highest BCUT2D eigenvalue weighted by Crippen LogP contribution is 2.16. The maximum Gasteiger partial charge on any atom is 0.306 e. The second-order valence-corrected chi connectivity index (χ2v) is 3.44. The van der Waals surface area contributed by atoms with Crippen molar-refractivity contribution in [3.63, 3.8) is 0 Å². The quantitative estimate of drug-likeness (QED) is 0.751. The van der Waals surface area contributed by atoms with Gasteiger partial charge >= 0.3 is 5.97 Å². The molecule has 1 aromatic rings. The van der Waals surface area contributed by atoms with Crippen molar-refractivity contribution in [3.05, 3.63) is 35.9 Å². The van der Waals surface area contributed by atoms with Gasteiger partial charge in [-0.1, -0.05) is 30.3 Å². The van der Waals surface area contributed by atoms with Crippen LogP contribution in [0.15, 0.2) is 30.3 Å². The highest BCUT2D eigenvalue weighted by atomic mass is 16.5. The third-order valence-corrected chi connectivity index (χ3v) is 2.16. The van der Waals surface area contributed by atoms with Crippen molar-refractivity contribution in [2.45, 2.75) is 25.9 Å². The van der Waals surface area contributed by atoms with Gasteiger partial charge in [-0.25, -0.2) is 0 Å². The second kappa shape index (κ2) is 6.19. The Bertz CT molecular complexity index is 298. The largest absolute Gasteiger partial charge is 0.458 e. The molecular weight excluding hydrogens is 190 g/mol. The van der Waals surface area contributed by atoms with Crippen molar-refractivity contribution in [1.82, 2.24) is 0 Å². The molecule has 0 aliphatic carbocycles. The number of rotatable bonds is 5. The van der Waals surface area contributed by atoms with Gasteiger partial charge in [0.1, 0.15) is 6.10 Å². The molecule has 0 amide bonds. The Labute approximate surface area is 90.2 Å². The molecule has 3 heteroatoms. The van der Waals surface area contributed by atoms with E-state index in [0.29, 0.717) is 19.4 Å². The van der Waals surface area contributed by atoms with Gasteiger partial charge in [0.25, 0.3) is 0 Å². The van der Waals surface area contributed by atoms with E-state index in [9.17, 15) is 4.79 Å². The first-order chi connectivity index (χ1) is 7.24. The van der Waals surface area contributed by atoms with Crippen LogP contribution in [0.5, 0.6) is 0 Å².